The van der Waals surface area contributed by atoms with Gasteiger partial charge in [0.05, 0.1) is 5.75 Å². The van der Waals surface area contributed by atoms with E-state index in [0.29, 0.717) is 18.0 Å². The molecule has 0 aliphatic rings. The Labute approximate surface area is 111 Å². The van der Waals surface area contributed by atoms with Crippen LogP contribution in [-0.2, 0) is 10.0 Å². The van der Waals surface area contributed by atoms with Gasteiger partial charge in [0.2, 0.25) is 10.0 Å². The molecule has 1 unspecified atom stereocenters. The van der Waals surface area contributed by atoms with Gasteiger partial charge in [0.25, 0.3) is 0 Å². The van der Waals surface area contributed by atoms with Crippen LogP contribution in [0, 0.1) is 5.82 Å². The third kappa shape index (κ3) is 5.30. The molecule has 7 heteroatoms. The fraction of sp³-hybridized carbons (Fsp3) is 0.455. The predicted octanol–water partition coefficient (Wildman–Crippen LogP) is 1.81. The summed E-state index contributed by atoms with van der Waals surface area (Å²) < 4.78 is 34.3. The Morgan fingerprint density at radius 1 is 1.50 bits per heavy atom. The highest BCUT2D eigenvalue weighted by Crippen LogP contribution is 2.23. The monoisotopic (exact) mass is 294 g/mol. The van der Waals surface area contributed by atoms with Crippen LogP contribution in [-0.4, -0.2) is 20.7 Å². The largest absolute Gasteiger partial charge is 0.310 e. The average molecular weight is 295 g/mol. The smallest absolute Gasteiger partial charge is 0.209 e. The molecule has 1 aromatic rings. The number of hydrogen-bond donors (Lipinski definition) is 2. The van der Waals surface area contributed by atoms with E-state index in [2.05, 4.69) is 5.32 Å². The Morgan fingerprint density at radius 2 is 2.17 bits per heavy atom. The van der Waals surface area contributed by atoms with Crippen molar-refractivity contribution in [1.29, 1.82) is 0 Å². The lowest BCUT2D eigenvalue weighted by Crippen LogP contribution is -2.24. The number of halogens is 2. The molecule has 0 bridgehead atoms. The lowest BCUT2D eigenvalue weighted by atomic mass is 10.1. The van der Waals surface area contributed by atoms with Crippen LogP contribution >= 0.6 is 11.6 Å². The molecule has 0 fully saturated rings. The van der Waals surface area contributed by atoms with Gasteiger partial charge < -0.3 is 5.32 Å². The van der Waals surface area contributed by atoms with Crippen molar-refractivity contribution in [1.82, 2.24) is 5.32 Å². The first kappa shape index (κ1) is 15.4. The highest BCUT2D eigenvalue weighted by atomic mass is 35.5. The molecule has 0 spiro atoms. The van der Waals surface area contributed by atoms with Gasteiger partial charge in [0.1, 0.15) is 5.82 Å². The molecule has 1 aromatic carbocycles. The fourth-order valence-electron chi connectivity index (χ4n) is 1.55. The second-order valence-electron chi connectivity index (χ2n) is 4.06. The fourth-order valence-corrected chi connectivity index (χ4v) is 2.43. The molecule has 0 saturated carbocycles. The van der Waals surface area contributed by atoms with E-state index in [1.165, 1.54) is 12.1 Å². The number of benzene rings is 1. The maximum absolute atomic E-state index is 12.9. The lowest BCUT2D eigenvalue weighted by Gasteiger charge is -2.15. The minimum absolute atomic E-state index is 0.0656. The van der Waals surface area contributed by atoms with Gasteiger partial charge in [0, 0.05) is 11.1 Å². The summed E-state index contributed by atoms with van der Waals surface area (Å²) in [6.45, 7) is 2.36. The second-order valence-corrected chi connectivity index (χ2v) is 6.20. The summed E-state index contributed by atoms with van der Waals surface area (Å²) in [5.41, 5.74) is 0.772. The van der Waals surface area contributed by atoms with E-state index in [0.717, 1.165) is 5.56 Å². The van der Waals surface area contributed by atoms with Gasteiger partial charge in [-0.1, -0.05) is 17.7 Å². The molecule has 1 rings (SSSR count). The molecule has 0 heterocycles. The first-order chi connectivity index (χ1) is 8.29. The molecule has 0 saturated heterocycles. The lowest BCUT2D eigenvalue weighted by molar-refractivity contribution is 0.559. The number of primary sulfonamides is 1. The predicted molar refractivity (Wildman–Crippen MR) is 70.4 cm³/mol. The number of sulfonamides is 1. The SMILES string of the molecule is CC(NCCCS(N)(=O)=O)c1ccc(F)cc1Cl. The average Bonchev–Trinajstić information content (AvgIpc) is 2.22. The topological polar surface area (TPSA) is 72.2 Å². The van der Waals surface area contributed by atoms with Crippen molar-refractivity contribution in [3.05, 3.63) is 34.6 Å². The van der Waals surface area contributed by atoms with Crippen LogP contribution in [0.1, 0.15) is 24.9 Å². The molecule has 4 nitrogen and oxygen atoms in total. The van der Waals surface area contributed by atoms with E-state index >= 15 is 0 Å². The van der Waals surface area contributed by atoms with E-state index in [1.54, 1.807) is 6.07 Å². The molecule has 1 atom stereocenters. The molecule has 102 valence electrons. The van der Waals surface area contributed by atoms with Crippen LogP contribution in [0.2, 0.25) is 5.02 Å². The van der Waals surface area contributed by atoms with Crippen molar-refractivity contribution in [3.8, 4) is 0 Å². The Bertz CT molecular complexity index is 508. The number of hydrogen-bond acceptors (Lipinski definition) is 3. The van der Waals surface area contributed by atoms with E-state index < -0.39 is 10.0 Å². The van der Waals surface area contributed by atoms with Crippen LogP contribution < -0.4 is 10.5 Å². The van der Waals surface area contributed by atoms with Crippen molar-refractivity contribution in [3.63, 3.8) is 0 Å². The van der Waals surface area contributed by atoms with Gasteiger partial charge in [-0.05, 0) is 37.6 Å². The maximum Gasteiger partial charge on any atom is 0.209 e. The Balaban J connectivity index is 2.48. The summed E-state index contributed by atoms with van der Waals surface area (Å²) in [5, 5.41) is 8.34. The third-order valence-electron chi connectivity index (χ3n) is 2.49. The van der Waals surface area contributed by atoms with E-state index in [4.69, 9.17) is 16.7 Å². The van der Waals surface area contributed by atoms with Crippen molar-refractivity contribution >= 4 is 21.6 Å². The summed E-state index contributed by atoms with van der Waals surface area (Å²) >= 11 is 5.91. The molecule has 3 N–H and O–H groups in total. The van der Waals surface area contributed by atoms with Gasteiger partial charge in [-0.15, -0.1) is 0 Å². The number of nitrogens with one attached hydrogen (secondary N) is 1. The van der Waals surface area contributed by atoms with E-state index in [-0.39, 0.29) is 17.6 Å². The quantitative estimate of drug-likeness (QED) is 0.786. The van der Waals surface area contributed by atoms with Crippen molar-refractivity contribution in [2.45, 2.75) is 19.4 Å². The second kappa shape index (κ2) is 6.47. The van der Waals surface area contributed by atoms with Gasteiger partial charge in [-0.2, -0.15) is 0 Å². The van der Waals surface area contributed by atoms with Crippen molar-refractivity contribution in [2.24, 2.45) is 5.14 Å². The third-order valence-corrected chi connectivity index (χ3v) is 3.67. The van der Waals surface area contributed by atoms with Gasteiger partial charge >= 0.3 is 0 Å². The molecular weight excluding hydrogens is 279 g/mol. The van der Waals surface area contributed by atoms with Gasteiger partial charge in [0.15, 0.2) is 0 Å². The molecule has 0 aliphatic carbocycles. The van der Waals surface area contributed by atoms with Crippen molar-refractivity contribution in [2.75, 3.05) is 12.3 Å². The number of nitrogens with two attached hydrogens (primary N) is 1. The minimum atomic E-state index is -3.42. The van der Waals surface area contributed by atoms with Crippen molar-refractivity contribution < 1.29 is 12.8 Å². The normalized spacial score (nSPS) is 13.6. The summed E-state index contributed by atoms with van der Waals surface area (Å²) in [5.74, 6) is -0.450. The minimum Gasteiger partial charge on any atom is -0.310 e. The van der Waals surface area contributed by atoms with E-state index in [9.17, 15) is 12.8 Å². The zero-order valence-corrected chi connectivity index (χ0v) is 11.6. The molecule has 0 aliphatic heterocycles. The molecule has 0 amide bonds. The Hall–Kier alpha value is -0.690. The highest BCUT2D eigenvalue weighted by molar-refractivity contribution is 7.89. The zero-order chi connectivity index (χ0) is 13.8. The van der Waals surface area contributed by atoms with E-state index in [1.807, 2.05) is 6.92 Å². The van der Waals surface area contributed by atoms with Crippen LogP contribution in [0.15, 0.2) is 18.2 Å². The van der Waals surface area contributed by atoms with Crippen LogP contribution in [0.25, 0.3) is 0 Å². The summed E-state index contributed by atoms with van der Waals surface area (Å²) in [6.07, 6.45) is 0.419. The molecule has 0 radical (unpaired) electrons. The summed E-state index contributed by atoms with van der Waals surface area (Å²) in [6, 6.07) is 4.11. The first-order valence-electron chi connectivity index (χ1n) is 5.48. The van der Waals surface area contributed by atoms with Crippen LogP contribution in [0.4, 0.5) is 4.39 Å². The molecule has 0 aromatic heterocycles. The summed E-state index contributed by atoms with van der Waals surface area (Å²) in [7, 11) is -3.42. The molecule has 18 heavy (non-hydrogen) atoms. The zero-order valence-electron chi connectivity index (χ0n) is 9.99. The molecular formula is C11H16ClFN2O2S. The Kier molecular flexibility index (Phi) is 5.52. The van der Waals surface area contributed by atoms with Crippen LogP contribution in [0.3, 0.4) is 0 Å². The maximum atomic E-state index is 12.9. The Morgan fingerprint density at radius 3 is 2.72 bits per heavy atom. The van der Waals surface area contributed by atoms with Gasteiger partial charge in [-0.25, -0.2) is 17.9 Å². The standard InChI is InChI=1S/C11H16ClFN2O2S/c1-8(15-5-2-6-18(14,16)17)10-4-3-9(13)7-11(10)12/h3-4,7-8,15H,2,5-6H2,1H3,(H2,14,16,17). The van der Waals surface area contributed by atoms with Gasteiger partial charge in [-0.3, -0.25) is 0 Å². The van der Waals surface area contributed by atoms with Crippen LogP contribution in [0.5, 0.6) is 0 Å². The first-order valence-corrected chi connectivity index (χ1v) is 7.58. The summed E-state index contributed by atoms with van der Waals surface area (Å²) in [4.78, 5) is 0. The number of rotatable bonds is 6. The highest BCUT2D eigenvalue weighted by Gasteiger charge is 2.10.